The van der Waals surface area contributed by atoms with E-state index in [9.17, 15) is 9.59 Å². The van der Waals surface area contributed by atoms with Gasteiger partial charge in [0.1, 0.15) is 0 Å². The van der Waals surface area contributed by atoms with Gasteiger partial charge in [0.15, 0.2) is 0 Å². The van der Waals surface area contributed by atoms with Crippen LogP contribution < -0.4 is 10.9 Å². The number of carbonyl (C=O) groups is 1. The molecule has 3 rings (SSSR count). The zero-order chi connectivity index (χ0) is 16.2. The van der Waals surface area contributed by atoms with Gasteiger partial charge in [0, 0.05) is 24.5 Å². The molecule has 7 heteroatoms. The molecule has 2 aromatic rings. The summed E-state index contributed by atoms with van der Waals surface area (Å²) >= 11 is 0. The van der Waals surface area contributed by atoms with Crippen LogP contribution in [0.15, 0.2) is 41.3 Å². The maximum atomic E-state index is 12.4. The maximum Gasteiger partial charge on any atom is 0.322 e. The number of aromatic nitrogens is 2. The fourth-order valence-electron chi connectivity index (χ4n) is 2.65. The molecule has 23 heavy (non-hydrogen) atoms. The van der Waals surface area contributed by atoms with Gasteiger partial charge < -0.3 is 15.0 Å². The summed E-state index contributed by atoms with van der Waals surface area (Å²) in [5.74, 6) is 0. The van der Waals surface area contributed by atoms with Crippen LogP contribution in [0.3, 0.4) is 0 Å². The highest BCUT2D eigenvalue weighted by atomic mass is 16.5. The summed E-state index contributed by atoms with van der Waals surface area (Å²) in [5, 5.41) is 5.58. The molecule has 7 nitrogen and oxygen atoms in total. The van der Waals surface area contributed by atoms with Gasteiger partial charge in [-0.05, 0) is 30.7 Å². The number of anilines is 1. The first-order chi connectivity index (χ1) is 11.2. The Morgan fingerprint density at radius 3 is 2.78 bits per heavy atom. The van der Waals surface area contributed by atoms with Crippen molar-refractivity contribution in [1.82, 2.24) is 14.7 Å². The van der Waals surface area contributed by atoms with Crippen molar-refractivity contribution >= 4 is 11.7 Å². The van der Waals surface area contributed by atoms with Crippen LogP contribution in [-0.4, -0.2) is 46.5 Å². The molecule has 1 aromatic heterocycles. The highest BCUT2D eigenvalue weighted by Crippen LogP contribution is 2.15. The van der Waals surface area contributed by atoms with Crippen molar-refractivity contribution in [1.29, 1.82) is 0 Å². The van der Waals surface area contributed by atoms with Crippen LogP contribution in [-0.2, 0) is 4.74 Å². The number of nitrogens with one attached hydrogen (secondary N) is 2. The number of H-pyrrole nitrogens is 1. The highest BCUT2D eigenvalue weighted by molar-refractivity contribution is 5.89. The van der Waals surface area contributed by atoms with E-state index in [1.807, 2.05) is 36.1 Å². The second-order valence-corrected chi connectivity index (χ2v) is 5.47. The van der Waals surface area contributed by atoms with Crippen molar-refractivity contribution in [3.05, 3.63) is 46.9 Å². The largest absolute Gasteiger partial charge is 0.377 e. The fourth-order valence-corrected chi connectivity index (χ4v) is 2.65. The molecular formula is C16H20N4O3. The second kappa shape index (κ2) is 6.70. The molecule has 2 heterocycles. The maximum absolute atomic E-state index is 12.4. The van der Waals surface area contributed by atoms with E-state index in [4.69, 9.17) is 4.74 Å². The number of amides is 2. The Labute approximate surface area is 133 Å². The van der Waals surface area contributed by atoms with Crippen molar-refractivity contribution < 1.29 is 9.53 Å². The molecule has 0 radical (unpaired) electrons. The summed E-state index contributed by atoms with van der Waals surface area (Å²) in [6.45, 7) is 3.81. The molecule has 1 unspecified atom stereocenters. The zero-order valence-corrected chi connectivity index (χ0v) is 13.0. The van der Waals surface area contributed by atoms with Crippen LogP contribution >= 0.6 is 0 Å². The molecule has 0 bridgehead atoms. The van der Waals surface area contributed by atoms with Gasteiger partial charge in [-0.1, -0.05) is 6.92 Å². The van der Waals surface area contributed by atoms with Gasteiger partial charge in [-0.25, -0.2) is 4.79 Å². The lowest BCUT2D eigenvalue weighted by atomic mass is 10.2. The minimum absolute atomic E-state index is 0.109. The van der Waals surface area contributed by atoms with Crippen LogP contribution in [0.5, 0.6) is 0 Å². The molecule has 0 saturated carbocycles. The zero-order valence-electron chi connectivity index (χ0n) is 13.0. The van der Waals surface area contributed by atoms with Crippen LogP contribution in [0.25, 0.3) is 5.69 Å². The summed E-state index contributed by atoms with van der Waals surface area (Å²) in [7, 11) is 0. The number of morpholine rings is 1. The topological polar surface area (TPSA) is 79.4 Å². The number of nitrogens with zero attached hydrogens (tertiary/aromatic N) is 2. The Morgan fingerprint density at radius 1 is 1.35 bits per heavy atom. The van der Waals surface area contributed by atoms with Crippen LogP contribution in [0.4, 0.5) is 10.5 Å². The van der Waals surface area contributed by atoms with E-state index < -0.39 is 0 Å². The van der Waals surface area contributed by atoms with Crippen LogP contribution in [0, 0.1) is 0 Å². The first-order valence-corrected chi connectivity index (χ1v) is 7.71. The number of carbonyl (C=O) groups excluding carboxylic acids is 1. The third-order valence-corrected chi connectivity index (χ3v) is 3.96. The Bertz CT molecular complexity index is 719. The lowest BCUT2D eigenvalue weighted by molar-refractivity contribution is 0.0144. The normalized spacial score (nSPS) is 18.0. The van der Waals surface area contributed by atoms with Crippen molar-refractivity contribution in [3.8, 4) is 5.69 Å². The third-order valence-electron chi connectivity index (χ3n) is 3.96. The number of hydrogen-bond acceptors (Lipinski definition) is 3. The van der Waals surface area contributed by atoms with Gasteiger partial charge >= 0.3 is 6.03 Å². The van der Waals surface area contributed by atoms with Crippen molar-refractivity contribution in [3.63, 3.8) is 0 Å². The number of aromatic amines is 1. The van der Waals surface area contributed by atoms with Crippen molar-refractivity contribution in [2.24, 2.45) is 0 Å². The van der Waals surface area contributed by atoms with E-state index >= 15 is 0 Å². The Hall–Kier alpha value is -2.54. The molecule has 122 valence electrons. The monoisotopic (exact) mass is 316 g/mol. The van der Waals surface area contributed by atoms with Gasteiger partial charge in [-0.2, -0.15) is 0 Å². The standard InChI is InChI=1S/C16H20N4O3/c1-2-13-11-23-10-9-19(13)16(22)17-12-3-5-14(6-4-12)20-8-7-15(21)18-20/h3-8,13H,2,9-11H2,1H3,(H,17,22)(H,18,21). The molecule has 2 N–H and O–H groups in total. The van der Waals surface area contributed by atoms with Crippen molar-refractivity contribution in [2.45, 2.75) is 19.4 Å². The lowest BCUT2D eigenvalue weighted by Crippen LogP contribution is -2.50. The first kappa shape index (κ1) is 15.4. The van der Waals surface area contributed by atoms with E-state index in [2.05, 4.69) is 10.4 Å². The van der Waals surface area contributed by atoms with Gasteiger partial charge in [0.05, 0.1) is 24.9 Å². The summed E-state index contributed by atoms with van der Waals surface area (Å²) < 4.78 is 7.04. The highest BCUT2D eigenvalue weighted by Gasteiger charge is 2.25. The van der Waals surface area contributed by atoms with E-state index in [0.29, 0.717) is 19.8 Å². The fraction of sp³-hybridized carbons (Fsp3) is 0.375. The lowest BCUT2D eigenvalue weighted by Gasteiger charge is -2.35. The van der Waals surface area contributed by atoms with E-state index in [-0.39, 0.29) is 17.6 Å². The molecule has 0 aliphatic carbocycles. The predicted octanol–water partition coefficient (Wildman–Crippen LogP) is 1.81. The number of benzene rings is 1. The molecule has 2 amide bonds. The average molecular weight is 316 g/mol. The molecular weight excluding hydrogens is 296 g/mol. The Balaban J connectivity index is 1.68. The van der Waals surface area contributed by atoms with Gasteiger partial charge in [0.25, 0.3) is 5.56 Å². The van der Waals surface area contributed by atoms with E-state index in [0.717, 1.165) is 17.8 Å². The molecule has 1 aromatic carbocycles. The minimum atomic E-state index is -0.152. The predicted molar refractivity (Wildman–Crippen MR) is 87.0 cm³/mol. The van der Waals surface area contributed by atoms with Gasteiger partial charge in [-0.3, -0.25) is 14.6 Å². The molecule has 1 aliphatic heterocycles. The van der Waals surface area contributed by atoms with Crippen LogP contribution in [0.2, 0.25) is 0 Å². The Morgan fingerprint density at radius 2 is 2.13 bits per heavy atom. The van der Waals surface area contributed by atoms with Gasteiger partial charge in [0.2, 0.25) is 0 Å². The average Bonchev–Trinajstić information content (AvgIpc) is 3.02. The van der Waals surface area contributed by atoms with Gasteiger partial charge in [-0.15, -0.1) is 0 Å². The summed E-state index contributed by atoms with van der Waals surface area (Å²) in [6, 6.07) is 8.76. The third kappa shape index (κ3) is 3.45. The number of hydrogen-bond donors (Lipinski definition) is 2. The minimum Gasteiger partial charge on any atom is -0.377 e. The van der Waals surface area contributed by atoms with E-state index in [1.165, 1.54) is 6.07 Å². The molecule has 1 saturated heterocycles. The number of rotatable bonds is 3. The van der Waals surface area contributed by atoms with Crippen molar-refractivity contribution in [2.75, 3.05) is 25.1 Å². The Kier molecular flexibility index (Phi) is 4.47. The first-order valence-electron chi connectivity index (χ1n) is 7.71. The molecule has 1 aliphatic rings. The smallest absolute Gasteiger partial charge is 0.322 e. The summed E-state index contributed by atoms with van der Waals surface area (Å²) in [6.07, 6.45) is 2.53. The van der Waals surface area contributed by atoms with Crippen LogP contribution in [0.1, 0.15) is 13.3 Å². The number of ether oxygens (including phenoxy) is 1. The van der Waals surface area contributed by atoms with E-state index in [1.54, 1.807) is 10.9 Å². The molecule has 1 fully saturated rings. The summed E-state index contributed by atoms with van der Waals surface area (Å²) in [5.41, 5.74) is 1.39. The molecule has 1 atom stereocenters. The second-order valence-electron chi connectivity index (χ2n) is 5.47. The quantitative estimate of drug-likeness (QED) is 0.906. The number of urea groups is 1. The summed E-state index contributed by atoms with van der Waals surface area (Å²) in [4.78, 5) is 25.4. The SMILES string of the molecule is CCC1COCCN1C(=O)Nc1ccc(-n2ccc(=O)[nH]2)cc1. The molecule has 0 spiro atoms.